The molecular weight excluding hydrogens is 720 g/mol. The van der Waals surface area contributed by atoms with Gasteiger partial charge in [-0.2, -0.15) is 0 Å². The van der Waals surface area contributed by atoms with Gasteiger partial charge < -0.3 is 19.5 Å². The van der Waals surface area contributed by atoms with E-state index in [1.54, 1.807) is 32.1 Å². The quantitative estimate of drug-likeness (QED) is 0.388. The van der Waals surface area contributed by atoms with Crippen molar-refractivity contribution in [2.24, 2.45) is 0 Å². The van der Waals surface area contributed by atoms with Crippen molar-refractivity contribution in [2.75, 3.05) is 26.2 Å². The van der Waals surface area contributed by atoms with Gasteiger partial charge in [-0.3, -0.25) is 9.69 Å². The third-order valence-corrected chi connectivity index (χ3v) is 8.08. The molecule has 4 rings (SSSR count). The van der Waals surface area contributed by atoms with Crippen LogP contribution in [0.25, 0.3) is 0 Å². The number of rotatable bonds is 1. The number of amides is 2. The summed E-state index contributed by atoms with van der Waals surface area (Å²) in [6.45, 7) is 11.7. The molecule has 2 amide bonds. The van der Waals surface area contributed by atoms with E-state index in [0.717, 1.165) is 8.52 Å². The number of likely N-dealkylation sites (tertiary alicyclic amines) is 2. The summed E-state index contributed by atoms with van der Waals surface area (Å²) in [5.41, 5.74) is -2.03. The van der Waals surface area contributed by atoms with Gasteiger partial charge in [-0.15, -0.1) is 22.7 Å². The Balaban J connectivity index is 0.000000217. The summed E-state index contributed by atoms with van der Waals surface area (Å²) in [4.78, 5) is 44.4. The van der Waals surface area contributed by atoms with Crippen molar-refractivity contribution in [2.45, 2.75) is 58.3 Å². The molecule has 0 aliphatic carbocycles. The topological polar surface area (TPSA) is 122 Å². The van der Waals surface area contributed by atoms with E-state index in [-0.39, 0.29) is 32.0 Å². The number of nitrogens with zero attached hydrogens (tertiary/aromatic N) is 4. The Morgan fingerprint density at radius 2 is 1.35 bits per heavy atom. The Morgan fingerprint density at radius 1 is 0.892 bits per heavy atom. The van der Waals surface area contributed by atoms with Gasteiger partial charge in [-0.05, 0) is 89.3 Å². The van der Waals surface area contributed by atoms with Gasteiger partial charge in [0.15, 0.2) is 15.3 Å². The molecule has 37 heavy (non-hydrogen) atoms. The molecule has 4 heterocycles. The first kappa shape index (κ1) is 32.1. The lowest BCUT2D eigenvalue weighted by molar-refractivity contribution is -0.128. The molecule has 0 spiro atoms. The normalized spacial score (nSPS) is 16.3. The Morgan fingerprint density at radius 3 is 1.68 bits per heavy atom. The van der Waals surface area contributed by atoms with Crippen LogP contribution in [0.2, 0.25) is 0 Å². The largest absolute Gasteiger partial charge is 0.444 e. The lowest BCUT2D eigenvalue weighted by atomic mass is 9.96. The number of ketones is 1. The fourth-order valence-corrected chi connectivity index (χ4v) is 5.73. The second-order valence-electron chi connectivity index (χ2n) is 10.1. The zero-order valence-electron chi connectivity index (χ0n) is 21.2. The molecule has 0 saturated carbocycles. The molecule has 2 saturated heterocycles. The maximum absolute atomic E-state index is 11.7. The smallest absolute Gasteiger partial charge is 0.411 e. The van der Waals surface area contributed by atoms with Crippen molar-refractivity contribution >= 4 is 88.4 Å². The molecule has 2 aliphatic heterocycles. The standard InChI is InChI=1S/C11H15BrN2O3S.C8H13NO3.C3HBr2NS/c1-10(2,3)17-9(15)14-5-11(16,6-14)8-13-7(12)4-18-8;1-8(2,3)12-7(11)9-4-6(10)5-9;4-2-1-7-3(5)6-2/h4,16H,5-6H2,1-3H3;4-5H2,1-3H3;1H. The molecule has 2 aromatic rings. The van der Waals surface area contributed by atoms with Crippen LogP contribution in [0.4, 0.5) is 9.59 Å². The van der Waals surface area contributed by atoms with E-state index in [0.29, 0.717) is 9.61 Å². The van der Waals surface area contributed by atoms with Crippen molar-refractivity contribution in [3.05, 3.63) is 28.9 Å². The van der Waals surface area contributed by atoms with E-state index >= 15 is 0 Å². The Bertz CT molecular complexity index is 1080. The number of hydrogen-bond acceptors (Lipinski definition) is 10. The molecule has 2 aliphatic rings. The fourth-order valence-electron chi connectivity index (χ4n) is 2.71. The summed E-state index contributed by atoms with van der Waals surface area (Å²) in [5.74, 6) is 0.0841. The Labute approximate surface area is 249 Å². The van der Waals surface area contributed by atoms with Gasteiger partial charge in [0.2, 0.25) is 0 Å². The van der Waals surface area contributed by atoms with E-state index in [1.165, 1.54) is 21.1 Å². The van der Waals surface area contributed by atoms with Gasteiger partial charge in [0, 0.05) is 10.8 Å². The first-order valence-electron chi connectivity index (χ1n) is 10.9. The predicted octanol–water partition coefficient (Wildman–Crippen LogP) is 5.82. The van der Waals surface area contributed by atoms with Crippen LogP contribution in [0.1, 0.15) is 46.6 Å². The molecule has 1 N–H and O–H groups in total. The molecular formula is C22H29Br3N4O6S2. The van der Waals surface area contributed by atoms with Crippen LogP contribution in [-0.2, 0) is 19.9 Å². The molecule has 15 heteroatoms. The molecule has 0 atom stereocenters. The minimum Gasteiger partial charge on any atom is -0.444 e. The number of thiazole rings is 2. The monoisotopic (exact) mass is 746 g/mol. The van der Waals surface area contributed by atoms with E-state index < -0.39 is 29.0 Å². The molecule has 2 fully saturated rings. The van der Waals surface area contributed by atoms with Crippen LogP contribution in [-0.4, -0.2) is 80.2 Å². The van der Waals surface area contributed by atoms with Crippen LogP contribution < -0.4 is 0 Å². The Hall–Kier alpha value is -1.13. The highest BCUT2D eigenvalue weighted by Crippen LogP contribution is 2.35. The first-order chi connectivity index (χ1) is 16.9. The number of β-amino-alcohol motifs (C(OH)–C–C–N with tert-alkyl or cyclic N) is 1. The maximum atomic E-state index is 11.7. The summed E-state index contributed by atoms with van der Waals surface area (Å²) in [7, 11) is 0. The van der Waals surface area contributed by atoms with Crippen molar-refractivity contribution in [1.82, 2.24) is 19.8 Å². The molecule has 0 aromatic carbocycles. The summed E-state index contributed by atoms with van der Waals surface area (Å²) in [5, 5.41) is 14.6. The molecule has 2 aromatic heterocycles. The zero-order chi connectivity index (χ0) is 28.2. The lowest BCUT2D eigenvalue weighted by Crippen LogP contribution is -2.61. The number of hydrogen-bond donors (Lipinski definition) is 1. The highest BCUT2D eigenvalue weighted by atomic mass is 79.9. The molecule has 0 unspecified atom stereocenters. The van der Waals surface area contributed by atoms with Crippen LogP contribution in [0.15, 0.2) is 23.9 Å². The average Bonchev–Trinajstić information content (AvgIpc) is 3.28. The summed E-state index contributed by atoms with van der Waals surface area (Å²) in [6.07, 6.45) is -0.801. The van der Waals surface area contributed by atoms with Crippen LogP contribution in [0.3, 0.4) is 0 Å². The van der Waals surface area contributed by atoms with Crippen molar-refractivity contribution in [3.63, 3.8) is 0 Å². The van der Waals surface area contributed by atoms with Crippen molar-refractivity contribution < 1.29 is 29.0 Å². The Kier molecular flexibility index (Phi) is 11.1. The third kappa shape index (κ3) is 10.9. The second kappa shape index (κ2) is 12.8. The number of ether oxygens (including phenoxy) is 2. The zero-order valence-corrected chi connectivity index (χ0v) is 27.6. The molecule has 0 bridgehead atoms. The number of Topliss-reactive ketones (excluding diaryl/α,β-unsaturated/α-hetero) is 1. The van der Waals surface area contributed by atoms with E-state index in [4.69, 9.17) is 9.47 Å². The number of halogens is 3. The van der Waals surface area contributed by atoms with Gasteiger partial charge in [0.05, 0.1) is 26.2 Å². The number of carbonyl (C=O) groups excluding carboxylic acids is 3. The van der Waals surface area contributed by atoms with Crippen LogP contribution in [0.5, 0.6) is 0 Å². The summed E-state index contributed by atoms with van der Waals surface area (Å²) < 4.78 is 12.8. The fraction of sp³-hybridized carbons (Fsp3) is 0.591. The summed E-state index contributed by atoms with van der Waals surface area (Å²) >= 11 is 12.6. The predicted molar refractivity (Wildman–Crippen MR) is 152 cm³/mol. The minimum atomic E-state index is -1.03. The number of carbonyl (C=O) groups is 3. The second-order valence-corrected chi connectivity index (χ2v) is 14.8. The number of aromatic nitrogens is 2. The van der Waals surface area contributed by atoms with Crippen LogP contribution >= 0.6 is 70.5 Å². The molecule has 0 radical (unpaired) electrons. The van der Waals surface area contributed by atoms with Crippen molar-refractivity contribution in [1.29, 1.82) is 0 Å². The van der Waals surface area contributed by atoms with Gasteiger partial charge >= 0.3 is 12.2 Å². The highest BCUT2D eigenvalue weighted by Gasteiger charge is 2.48. The SMILES string of the molecule is Brc1csc(Br)n1.CC(C)(C)OC(=O)N1CC(=O)C1.CC(C)(C)OC(=O)N1CC(O)(c2nc(Br)cs2)C1. The molecule has 206 valence electrons. The average molecular weight is 749 g/mol. The summed E-state index contributed by atoms with van der Waals surface area (Å²) in [6, 6.07) is 0. The van der Waals surface area contributed by atoms with Crippen LogP contribution in [0, 0.1) is 0 Å². The lowest BCUT2D eigenvalue weighted by Gasteiger charge is -2.44. The van der Waals surface area contributed by atoms with Gasteiger partial charge in [0.1, 0.15) is 25.4 Å². The first-order valence-corrected chi connectivity index (χ1v) is 15.1. The highest BCUT2D eigenvalue weighted by molar-refractivity contribution is 9.11. The van der Waals surface area contributed by atoms with E-state index in [2.05, 4.69) is 57.8 Å². The van der Waals surface area contributed by atoms with E-state index in [1.807, 2.05) is 31.5 Å². The maximum Gasteiger partial charge on any atom is 0.411 e. The van der Waals surface area contributed by atoms with Gasteiger partial charge in [0.25, 0.3) is 0 Å². The van der Waals surface area contributed by atoms with E-state index in [9.17, 15) is 19.5 Å². The number of aliphatic hydroxyl groups is 1. The van der Waals surface area contributed by atoms with Gasteiger partial charge in [-0.1, -0.05) is 0 Å². The van der Waals surface area contributed by atoms with Crippen molar-refractivity contribution in [3.8, 4) is 0 Å². The third-order valence-electron chi connectivity index (χ3n) is 4.27. The van der Waals surface area contributed by atoms with Gasteiger partial charge in [-0.25, -0.2) is 19.6 Å². The minimum absolute atomic E-state index is 0.0841. The molecule has 10 nitrogen and oxygen atoms in total.